The molecule has 4 saturated heterocycles. The second kappa shape index (κ2) is 38.6. The number of aromatic nitrogens is 4. The maximum absolute atomic E-state index is 13.2. The van der Waals surface area contributed by atoms with Crippen LogP contribution in [0.5, 0.6) is 23.0 Å². The smallest absolute Gasteiger partial charge is 0.456 e. The molecule has 4 aromatic heterocycles. The normalized spacial score (nSPS) is 18.9. The van der Waals surface area contributed by atoms with Gasteiger partial charge in [0.15, 0.2) is 0 Å². The Labute approximate surface area is 772 Å². The van der Waals surface area contributed by atoms with Gasteiger partial charge in [-0.1, -0.05) is 60.3 Å². The van der Waals surface area contributed by atoms with E-state index in [1.165, 1.54) is 41.4 Å². The Morgan fingerprint density at radius 3 is 1.24 bits per heavy atom. The minimum atomic E-state index is -4.93. The number of hydrogen-bond acceptors (Lipinski definition) is 15. The summed E-state index contributed by atoms with van der Waals surface area (Å²) in [6, 6.07) is 35.5. The van der Waals surface area contributed by atoms with Crippen LogP contribution in [0.4, 0.5) is 26.3 Å². The maximum atomic E-state index is 13.2. The number of rotatable bonds is 16. The van der Waals surface area contributed by atoms with Crippen LogP contribution < -0.4 is 18.9 Å². The van der Waals surface area contributed by atoms with E-state index < -0.39 is 46.1 Å². The minimum Gasteiger partial charge on any atom is -0.495 e. The number of amides is 4. The number of alkyl halides is 6. The zero-order chi connectivity index (χ0) is 93.6. The number of aryl methyl sites for hydroxylation is 1. The van der Waals surface area contributed by atoms with Gasteiger partial charge in [0.05, 0.1) is 68.9 Å². The van der Waals surface area contributed by atoms with E-state index in [-0.39, 0.29) is 60.1 Å². The van der Waals surface area contributed by atoms with E-state index in [1.807, 2.05) is 118 Å². The van der Waals surface area contributed by atoms with E-state index in [1.54, 1.807) is 66.1 Å². The van der Waals surface area contributed by atoms with Crippen molar-refractivity contribution < 1.29 is 80.6 Å². The molecular formula is C96H120Cl4F6N12O11. The Morgan fingerprint density at radius 2 is 0.837 bits per heavy atom. The van der Waals surface area contributed by atoms with Crippen molar-refractivity contribution in [3.8, 4) is 23.0 Å². The topological polar surface area (TPSA) is 205 Å². The van der Waals surface area contributed by atoms with E-state index in [2.05, 4.69) is 68.8 Å². The van der Waals surface area contributed by atoms with E-state index in [0.29, 0.717) is 152 Å². The number of halogens is 10. The molecule has 4 amide bonds. The van der Waals surface area contributed by atoms with Gasteiger partial charge in [-0.15, -0.1) is 0 Å². The molecule has 0 radical (unpaired) electrons. The Kier molecular flexibility index (Phi) is 29.2. The lowest BCUT2D eigenvalue weighted by Crippen LogP contribution is -2.60. The molecule has 4 fully saturated rings. The number of aliphatic hydroxyl groups is 1. The van der Waals surface area contributed by atoms with Gasteiger partial charge in [-0.05, 0) is 267 Å². The quantitative estimate of drug-likeness (QED) is 0.0705. The van der Waals surface area contributed by atoms with Gasteiger partial charge in [0.2, 0.25) is 0 Å². The number of ether oxygens (including phenoxy) is 4. The third kappa shape index (κ3) is 20.3. The molecule has 8 aliphatic heterocycles. The van der Waals surface area contributed by atoms with E-state index in [0.717, 1.165) is 98.6 Å². The summed E-state index contributed by atoms with van der Waals surface area (Å²) in [5.41, 5.74) is 3.84. The van der Waals surface area contributed by atoms with Crippen molar-refractivity contribution in [2.45, 2.75) is 191 Å². The van der Waals surface area contributed by atoms with Gasteiger partial charge >= 0.3 is 12.4 Å². The summed E-state index contributed by atoms with van der Waals surface area (Å²) in [4.78, 5) is 92.9. The average molecular weight is 1870 g/mol. The molecule has 0 atom stereocenters. The Balaban J connectivity index is 0.000000157. The summed E-state index contributed by atoms with van der Waals surface area (Å²) in [6.07, 6.45) is -1.78. The molecule has 4 spiro atoms. The third-order valence-corrected chi connectivity index (χ3v) is 28.5. The molecule has 0 unspecified atom stereocenters. The molecule has 4 aromatic carbocycles. The van der Waals surface area contributed by atoms with Crippen LogP contribution in [0.2, 0.25) is 20.4 Å². The highest BCUT2D eigenvalue weighted by Crippen LogP contribution is 2.50. The number of carbonyl (C=O) groups excluding carboxylic acids is 6. The largest absolute Gasteiger partial charge is 0.495 e. The van der Waals surface area contributed by atoms with Crippen LogP contribution in [0.25, 0.3) is 0 Å². The van der Waals surface area contributed by atoms with Crippen molar-refractivity contribution in [3.05, 3.63) is 210 Å². The van der Waals surface area contributed by atoms with Crippen molar-refractivity contribution in [3.63, 3.8) is 0 Å². The summed E-state index contributed by atoms with van der Waals surface area (Å²) in [6.45, 7) is 28.1. The van der Waals surface area contributed by atoms with Gasteiger partial charge in [-0.2, -0.15) is 26.3 Å². The molecule has 8 aromatic rings. The number of ketones is 2. The number of Topliss-reactive ketones (excluding diaryl/α,β-unsaturated/α-hetero) is 2. The fraction of sp³-hybridized carbons (Fsp3) is 0.521. The van der Waals surface area contributed by atoms with Crippen LogP contribution in [-0.2, 0) is 47.3 Å². The third-order valence-electron chi connectivity index (χ3n) is 27.3. The van der Waals surface area contributed by atoms with Gasteiger partial charge in [0, 0.05) is 156 Å². The molecule has 23 nitrogen and oxygen atoms in total. The predicted molar refractivity (Wildman–Crippen MR) is 487 cm³/mol. The molecule has 16 rings (SSSR count). The maximum Gasteiger partial charge on any atom is 0.456 e. The molecule has 12 heterocycles. The number of piperidine rings is 4. The van der Waals surface area contributed by atoms with E-state index >= 15 is 0 Å². The summed E-state index contributed by atoms with van der Waals surface area (Å²) < 4.78 is 109. The van der Waals surface area contributed by atoms with Gasteiger partial charge in [0.1, 0.15) is 39.9 Å². The molecule has 0 bridgehead atoms. The zero-order valence-electron chi connectivity index (χ0n) is 75.8. The molecule has 8 aliphatic rings. The molecule has 129 heavy (non-hydrogen) atoms. The number of carbonyl (C=O) groups is 6. The summed E-state index contributed by atoms with van der Waals surface area (Å²) in [5.74, 6) is -0.702. The Bertz CT molecular complexity index is 5420. The highest BCUT2D eigenvalue weighted by molar-refractivity contribution is 6.33. The number of fused-ring (bicyclic) bond motifs is 8. The van der Waals surface area contributed by atoms with E-state index in [4.69, 9.17) is 65.4 Å². The number of benzene rings is 4. The Hall–Kier alpha value is -9.04. The predicted octanol–water partition coefficient (Wildman–Crippen LogP) is 18.0. The van der Waals surface area contributed by atoms with Crippen LogP contribution in [0.3, 0.4) is 0 Å². The molecule has 0 saturated carbocycles. The number of hydrogen-bond donors (Lipinski definition) is 1. The standard InChI is InChI=1S/2C24H27ClF3N3O3.C24H32ClN3O3.C24H32ClN3O2.H2/c1-22(2)14-29(3)23(19-12-16(13-31(19)22)20(32)24(26,27)28)7-9-30(10-8-23)21(33)15-5-6-18(34-4)17(25)11-15;1-15(2)34-19-6-4-16(14-17(19)25)22(33)30-10-8-23(9-11-30)20-7-5-18(21(32)24(26,27)28)31(20)13-12-29(23)3;1-17-15-18(5-6-19(17)31-16-23(2,3)30)22(29)27-11-9-24(10-12-27)20-7-8-21(25)28(20)14-13-26(24)4;1-18(2)10-17-30-20-6-4-19(5-7-20)23(29)27-13-11-24(12-14-27)21-8-9-22(25)28(21)16-15-26(24)3;/h5-6,11-13H,7-10,14H2,1-4H3;4-7,14-15H,8-13H2,1-3H3;5-8,15,30H,9-14,16H2,1-4H3;4-9,18H,10-17H2,1-3H3;1H. The molecular weight excluding hydrogens is 1750 g/mol. The van der Waals surface area contributed by atoms with Crippen molar-refractivity contribution in [1.82, 2.24) is 57.5 Å². The van der Waals surface area contributed by atoms with Crippen molar-refractivity contribution in [2.24, 2.45) is 5.92 Å². The van der Waals surface area contributed by atoms with Crippen molar-refractivity contribution in [2.75, 3.05) is 127 Å². The first kappa shape index (κ1) is 97.5. The molecule has 1 N–H and O–H groups in total. The van der Waals surface area contributed by atoms with Crippen LogP contribution in [0.15, 0.2) is 128 Å². The molecule has 0 aliphatic carbocycles. The summed E-state index contributed by atoms with van der Waals surface area (Å²) >= 11 is 25.3. The van der Waals surface area contributed by atoms with Gasteiger partial charge in [-0.3, -0.25) is 48.4 Å². The fourth-order valence-corrected chi connectivity index (χ4v) is 20.9. The first-order valence-electron chi connectivity index (χ1n) is 44.1. The lowest BCUT2D eigenvalue weighted by Gasteiger charge is -2.54. The summed E-state index contributed by atoms with van der Waals surface area (Å²) in [7, 11) is 9.76. The van der Waals surface area contributed by atoms with Crippen LogP contribution in [0.1, 0.15) is 205 Å². The van der Waals surface area contributed by atoms with Crippen molar-refractivity contribution >= 4 is 81.6 Å². The molecule has 700 valence electrons. The van der Waals surface area contributed by atoms with Crippen LogP contribution >= 0.6 is 46.4 Å². The van der Waals surface area contributed by atoms with Crippen LogP contribution in [0, 0.1) is 12.8 Å². The number of methoxy groups -OCH3 is 1. The summed E-state index contributed by atoms with van der Waals surface area (Å²) in [5, 5.41) is 12.2. The lowest BCUT2D eigenvalue weighted by molar-refractivity contribution is -0.0893. The second-order valence-electron chi connectivity index (χ2n) is 37.3. The SMILES string of the molecule is CC(C)CCOc1ccc(C(=O)N2CCC3(CC2)c2ccc(Cl)n2CCN3C)cc1.CC(C)Oc1ccc(C(=O)N2CCC3(CC2)c2ccc(C(=O)C(F)(F)F)n2CCN3C)cc1Cl.COc1ccc(C(=O)N2CCC3(CC2)c2cc(C(=O)C(F)(F)F)cn2C(C)(C)CN3C)cc1Cl.Cc1cc(C(=O)N2CCC3(CC2)c2ccc(Cl)n2CCN3C)ccc1OCC(C)(C)O.[HH]. The monoisotopic (exact) mass is 1870 g/mol. The lowest BCUT2D eigenvalue weighted by atomic mass is 9.78. The highest BCUT2D eigenvalue weighted by atomic mass is 35.5. The van der Waals surface area contributed by atoms with E-state index in [9.17, 15) is 60.2 Å². The number of likely N-dealkylation sites (N-methyl/N-ethyl adjacent to an activating group) is 4. The first-order chi connectivity index (χ1) is 60.7. The second-order valence-corrected chi connectivity index (χ2v) is 38.9. The highest BCUT2D eigenvalue weighted by Gasteiger charge is 2.53. The van der Waals surface area contributed by atoms with Crippen LogP contribution in [-0.4, -0.2) is 249 Å². The fourth-order valence-electron chi connectivity index (χ4n) is 19.9. The van der Waals surface area contributed by atoms with Gasteiger partial charge in [0.25, 0.3) is 35.2 Å². The Morgan fingerprint density at radius 1 is 0.450 bits per heavy atom. The minimum absolute atomic E-state index is 0. The number of likely N-dealkylation sites (tertiary alicyclic amines) is 4. The zero-order valence-corrected chi connectivity index (χ0v) is 78.9. The first-order valence-corrected chi connectivity index (χ1v) is 45.6. The van der Waals surface area contributed by atoms with Crippen molar-refractivity contribution in [1.29, 1.82) is 0 Å². The number of nitrogens with zero attached hydrogens (tertiary/aromatic N) is 12. The molecule has 33 heteroatoms. The average Bonchev–Trinajstić information content (AvgIpc) is 1.46. The van der Waals surface area contributed by atoms with Gasteiger partial charge in [-0.25, -0.2) is 0 Å². The van der Waals surface area contributed by atoms with Gasteiger partial charge < -0.3 is 61.9 Å².